The van der Waals surface area contributed by atoms with Crippen LogP contribution in [0.5, 0.6) is 0 Å². The summed E-state index contributed by atoms with van der Waals surface area (Å²) in [4.78, 5) is 12.9. The van der Waals surface area contributed by atoms with E-state index in [2.05, 4.69) is 24.9 Å². The second-order valence-corrected chi connectivity index (χ2v) is 5.19. The molecular formula is C13H17NO2S. The monoisotopic (exact) mass is 251 g/mol. The van der Waals surface area contributed by atoms with Crippen LogP contribution in [-0.4, -0.2) is 24.7 Å². The van der Waals surface area contributed by atoms with Gasteiger partial charge >= 0.3 is 0 Å². The summed E-state index contributed by atoms with van der Waals surface area (Å²) in [5, 5.41) is 3.09. The summed E-state index contributed by atoms with van der Waals surface area (Å²) >= 11 is 4.20. The van der Waals surface area contributed by atoms with Crippen molar-refractivity contribution in [3.05, 3.63) is 29.8 Å². The molecule has 17 heavy (non-hydrogen) atoms. The van der Waals surface area contributed by atoms with Crippen LogP contribution in [0.3, 0.4) is 0 Å². The molecule has 1 saturated heterocycles. The molecule has 0 radical (unpaired) electrons. The molecule has 2 rings (SSSR count). The Morgan fingerprint density at radius 1 is 1.29 bits per heavy atom. The lowest BCUT2D eigenvalue weighted by Gasteiger charge is -2.34. The Balaban J connectivity index is 2.03. The van der Waals surface area contributed by atoms with Gasteiger partial charge in [-0.05, 0) is 44.0 Å². The predicted molar refractivity (Wildman–Crippen MR) is 69.6 cm³/mol. The van der Waals surface area contributed by atoms with Gasteiger partial charge in [0, 0.05) is 29.2 Å². The zero-order valence-corrected chi connectivity index (χ0v) is 10.8. The van der Waals surface area contributed by atoms with E-state index in [4.69, 9.17) is 4.74 Å². The van der Waals surface area contributed by atoms with E-state index < -0.39 is 0 Å². The number of hydrogen-bond acceptors (Lipinski definition) is 3. The Labute approximate surface area is 107 Å². The number of thiol groups is 1. The van der Waals surface area contributed by atoms with Crippen LogP contribution >= 0.6 is 12.6 Å². The molecule has 0 unspecified atom stereocenters. The summed E-state index contributed by atoms with van der Waals surface area (Å²) in [5.41, 5.74) is 0.533. The summed E-state index contributed by atoms with van der Waals surface area (Å²) in [7, 11) is 0. The van der Waals surface area contributed by atoms with Gasteiger partial charge < -0.3 is 10.1 Å². The lowest BCUT2D eigenvalue weighted by atomic mass is 9.92. The van der Waals surface area contributed by atoms with Gasteiger partial charge in [-0.3, -0.25) is 4.79 Å². The van der Waals surface area contributed by atoms with Crippen molar-refractivity contribution in [1.29, 1.82) is 0 Å². The second-order valence-electron chi connectivity index (χ2n) is 4.67. The average molecular weight is 251 g/mol. The number of rotatable bonds is 2. The van der Waals surface area contributed by atoms with E-state index in [1.54, 1.807) is 12.1 Å². The van der Waals surface area contributed by atoms with Gasteiger partial charge in [0.25, 0.3) is 5.91 Å². The van der Waals surface area contributed by atoms with E-state index >= 15 is 0 Å². The molecular weight excluding hydrogens is 234 g/mol. The van der Waals surface area contributed by atoms with E-state index in [1.165, 1.54) is 0 Å². The smallest absolute Gasteiger partial charge is 0.251 e. The van der Waals surface area contributed by atoms with Crippen LogP contribution in [0.4, 0.5) is 0 Å². The second kappa shape index (κ2) is 5.10. The first-order chi connectivity index (χ1) is 8.09. The van der Waals surface area contributed by atoms with Gasteiger partial charge in [-0.1, -0.05) is 0 Å². The zero-order valence-electron chi connectivity index (χ0n) is 9.90. The summed E-state index contributed by atoms with van der Waals surface area (Å²) in [6.45, 7) is 3.50. The van der Waals surface area contributed by atoms with E-state index in [9.17, 15) is 4.79 Å². The fraction of sp³-hybridized carbons (Fsp3) is 0.462. The van der Waals surface area contributed by atoms with Crippen molar-refractivity contribution in [1.82, 2.24) is 5.32 Å². The number of ether oxygens (including phenoxy) is 1. The molecule has 0 spiro atoms. The van der Waals surface area contributed by atoms with Gasteiger partial charge in [-0.15, -0.1) is 12.6 Å². The topological polar surface area (TPSA) is 38.3 Å². The van der Waals surface area contributed by atoms with Gasteiger partial charge in [0.2, 0.25) is 0 Å². The maximum Gasteiger partial charge on any atom is 0.251 e. The van der Waals surface area contributed by atoms with Crippen molar-refractivity contribution in [3.8, 4) is 0 Å². The highest BCUT2D eigenvalue weighted by molar-refractivity contribution is 7.80. The van der Waals surface area contributed by atoms with Crippen molar-refractivity contribution >= 4 is 18.5 Å². The summed E-state index contributed by atoms with van der Waals surface area (Å²) < 4.78 is 5.31. The molecule has 0 bridgehead atoms. The van der Waals surface area contributed by atoms with Crippen molar-refractivity contribution in [2.75, 3.05) is 13.2 Å². The number of carbonyl (C=O) groups excluding carboxylic acids is 1. The minimum atomic E-state index is -0.144. The number of nitrogens with one attached hydrogen (secondary N) is 1. The van der Waals surface area contributed by atoms with E-state index in [0.717, 1.165) is 17.7 Å². The minimum absolute atomic E-state index is 0.0252. The Morgan fingerprint density at radius 2 is 1.88 bits per heavy atom. The van der Waals surface area contributed by atoms with Crippen molar-refractivity contribution in [2.45, 2.75) is 30.2 Å². The molecule has 0 saturated carbocycles. The first kappa shape index (κ1) is 12.5. The van der Waals surface area contributed by atoms with Crippen molar-refractivity contribution < 1.29 is 9.53 Å². The van der Waals surface area contributed by atoms with Gasteiger partial charge in [0.1, 0.15) is 0 Å². The molecule has 0 aliphatic carbocycles. The van der Waals surface area contributed by atoms with Crippen molar-refractivity contribution in [2.24, 2.45) is 0 Å². The van der Waals surface area contributed by atoms with E-state index in [-0.39, 0.29) is 11.4 Å². The molecule has 1 amide bonds. The Kier molecular flexibility index (Phi) is 3.74. The molecule has 1 heterocycles. The third-order valence-electron chi connectivity index (χ3n) is 3.14. The molecule has 1 aromatic rings. The summed E-state index contributed by atoms with van der Waals surface area (Å²) in [6.07, 6.45) is 1.73. The molecule has 92 valence electrons. The first-order valence-corrected chi connectivity index (χ1v) is 6.23. The van der Waals surface area contributed by atoms with Crippen LogP contribution in [-0.2, 0) is 4.74 Å². The average Bonchev–Trinajstić information content (AvgIpc) is 2.30. The van der Waals surface area contributed by atoms with Crippen LogP contribution in [0.15, 0.2) is 29.2 Å². The van der Waals surface area contributed by atoms with Crippen LogP contribution in [0.1, 0.15) is 30.1 Å². The molecule has 0 aromatic heterocycles. The Morgan fingerprint density at radius 3 is 2.47 bits per heavy atom. The number of hydrogen-bond donors (Lipinski definition) is 2. The molecule has 1 aliphatic heterocycles. The lowest BCUT2D eigenvalue weighted by Crippen LogP contribution is -2.49. The quantitative estimate of drug-likeness (QED) is 0.791. The summed E-state index contributed by atoms with van der Waals surface area (Å²) in [5.74, 6) is -0.0252. The predicted octanol–water partition coefficient (Wildman–Crippen LogP) is 2.27. The molecule has 4 heteroatoms. The van der Waals surface area contributed by atoms with E-state index in [0.29, 0.717) is 18.8 Å². The van der Waals surface area contributed by atoms with Crippen LogP contribution in [0.2, 0.25) is 0 Å². The molecule has 1 N–H and O–H groups in total. The normalized spacial score (nSPS) is 18.7. The zero-order chi connectivity index (χ0) is 12.3. The van der Waals surface area contributed by atoms with Crippen LogP contribution in [0.25, 0.3) is 0 Å². The fourth-order valence-corrected chi connectivity index (χ4v) is 2.06. The van der Waals surface area contributed by atoms with Crippen molar-refractivity contribution in [3.63, 3.8) is 0 Å². The SMILES string of the molecule is CC1(NC(=O)c2ccc(S)cc2)CCOCC1. The summed E-state index contributed by atoms with van der Waals surface area (Å²) in [6, 6.07) is 7.23. The van der Waals surface area contributed by atoms with E-state index in [1.807, 2.05) is 12.1 Å². The van der Waals surface area contributed by atoms with Gasteiger partial charge in [0.05, 0.1) is 0 Å². The minimum Gasteiger partial charge on any atom is -0.381 e. The maximum atomic E-state index is 12.1. The number of benzene rings is 1. The largest absolute Gasteiger partial charge is 0.381 e. The molecule has 1 aliphatic rings. The fourth-order valence-electron chi connectivity index (χ4n) is 1.91. The maximum absolute atomic E-state index is 12.1. The van der Waals surface area contributed by atoms with Gasteiger partial charge in [-0.2, -0.15) is 0 Å². The third kappa shape index (κ3) is 3.23. The molecule has 3 nitrogen and oxygen atoms in total. The van der Waals surface area contributed by atoms with Gasteiger partial charge in [0.15, 0.2) is 0 Å². The first-order valence-electron chi connectivity index (χ1n) is 5.78. The van der Waals surface area contributed by atoms with Crippen LogP contribution in [0, 0.1) is 0 Å². The Bertz CT molecular complexity index is 396. The van der Waals surface area contributed by atoms with Gasteiger partial charge in [-0.25, -0.2) is 0 Å². The Hall–Kier alpha value is -1.00. The molecule has 0 atom stereocenters. The van der Waals surface area contributed by atoms with Crippen LogP contribution < -0.4 is 5.32 Å². The highest BCUT2D eigenvalue weighted by Crippen LogP contribution is 2.20. The number of amides is 1. The third-order valence-corrected chi connectivity index (χ3v) is 3.44. The standard InChI is InChI=1S/C13H17NO2S/c1-13(6-8-16-9-7-13)14-12(15)10-2-4-11(17)5-3-10/h2-5,17H,6-9H2,1H3,(H,14,15). The number of carbonyl (C=O) groups is 1. The highest BCUT2D eigenvalue weighted by Gasteiger charge is 2.29. The lowest BCUT2D eigenvalue weighted by molar-refractivity contribution is 0.0423. The molecule has 1 fully saturated rings. The molecule has 1 aromatic carbocycles. The highest BCUT2D eigenvalue weighted by atomic mass is 32.1.